The second-order valence-electron chi connectivity index (χ2n) is 2.85. The molecule has 78 valence electrons. The third kappa shape index (κ3) is 2.47. The van der Waals surface area contributed by atoms with E-state index in [-0.39, 0.29) is 6.10 Å². The maximum atomic E-state index is 5.59. The summed E-state index contributed by atoms with van der Waals surface area (Å²) in [7, 11) is 3.27. The number of nitrogens with two attached hydrogens (primary N) is 1. The molecule has 0 aliphatic carbocycles. The Labute approximate surface area is 92.3 Å². The molecular weight excluding hydrogens is 246 g/mol. The van der Waals surface area contributed by atoms with Gasteiger partial charge >= 0.3 is 0 Å². The standard InChI is InChI=1S/C10H14BrNO2/c1-13-9-4-3-7(11)5-8(9)10(6-12)14-2/h3-5,10H,6,12H2,1-2H3. The van der Waals surface area contributed by atoms with Crippen LogP contribution in [0.3, 0.4) is 0 Å². The van der Waals surface area contributed by atoms with Crippen molar-refractivity contribution in [2.45, 2.75) is 6.10 Å². The van der Waals surface area contributed by atoms with Crippen molar-refractivity contribution in [3.8, 4) is 5.75 Å². The van der Waals surface area contributed by atoms with Crippen LogP contribution in [-0.2, 0) is 4.74 Å². The summed E-state index contributed by atoms with van der Waals surface area (Å²) in [6, 6.07) is 5.77. The molecule has 1 unspecified atom stereocenters. The second kappa shape index (κ2) is 5.34. The lowest BCUT2D eigenvalue weighted by atomic mass is 10.1. The predicted molar refractivity (Wildman–Crippen MR) is 59.5 cm³/mol. The zero-order valence-corrected chi connectivity index (χ0v) is 9.87. The zero-order valence-electron chi connectivity index (χ0n) is 8.29. The summed E-state index contributed by atoms with van der Waals surface area (Å²) < 4.78 is 11.5. The summed E-state index contributed by atoms with van der Waals surface area (Å²) in [5.74, 6) is 0.797. The van der Waals surface area contributed by atoms with E-state index in [9.17, 15) is 0 Å². The van der Waals surface area contributed by atoms with Gasteiger partial charge in [-0.1, -0.05) is 15.9 Å². The summed E-state index contributed by atoms with van der Waals surface area (Å²) in [5, 5.41) is 0. The molecule has 1 aromatic carbocycles. The van der Waals surface area contributed by atoms with Crippen LogP contribution in [0.5, 0.6) is 5.75 Å². The minimum atomic E-state index is -0.123. The van der Waals surface area contributed by atoms with Gasteiger partial charge in [0.2, 0.25) is 0 Å². The fraction of sp³-hybridized carbons (Fsp3) is 0.400. The van der Waals surface area contributed by atoms with E-state index in [0.717, 1.165) is 15.8 Å². The van der Waals surface area contributed by atoms with E-state index in [1.54, 1.807) is 14.2 Å². The first-order valence-corrected chi connectivity index (χ1v) is 5.08. The highest BCUT2D eigenvalue weighted by molar-refractivity contribution is 9.10. The lowest BCUT2D eigenvalue weighted by Gasteiger charge is -2.16. The molecule has 4 heteroatoms. The highest BCUT2D eigenvalue weighted by Crippen LogP contribution is 2.29. The average Bonchev–Trinajstić information content (AvgIpc) is 2.20. The second-order valence-corrected chi connectivity index (χ2v) is 3.76. The number of benzene rings is 1. The lowest BCUT2D eigenvalue weighted by Crippen LogP contribution is -2.15. The topological polar surface area (TPSA) is 44.5 Å². The van der Waals surface area contributed by atoms with Crippen molar-refractivity contribution in [2.75, 3.05) is 20.8 Å². The Hall–Kier alpha value is -0.580. The van der Waals surface area contributed by atoms with Crippen LogP contribution >= 0.6 is 15.9 Å². The molecule has 0 amide bonds. The normalized spacial score (nSPS) is 12.6. The van der Waals surface area contributed by atoms with Gasteiger partial charge in [-0.25, -0.2) is 0 Å². The molecule has 0 heterocycles. The van der Waals surface area contributed by atoms with Crippen molar-refractivity contribution < 1.29 is 9.47 Å². The Morgan fingerprint density at radius 3 is 2.64 bits per heavy atom. The molecule has 2 N–H and O–H groups in total. The van der Waals surface area contributed by atoms with Crippen LogP contribution in [0, 0.1) is 0 Å². The lowest BCUT2D eigenvalue weighted by molar-refractivity contribution is 0.108. The molecule has 14 heavy (non-hydrogen) atoms. The van der Waals surface area contributed by atoms with Crippen LogP contribution in [0.25, 0.3) is 0 Å². The molecule has 0 bridgehead atoms. The fourth-order valence-corrected chi connectivity index (χ4v) is 1.69. The molecule has 0 radical (unpaired) electrons. The monoisotopic (exact) mass is 259 g/mol. The van der Waals surface area contributed by atoms with Crippen LogP contribution in [0.2, 0.25) is 0 Å². The number of ether oxygens (including phenoxy) is 2. The van der Waals surface area contributed by atoms with Gasteiger partial charge in [0.05, 0.1) is 13.2 Å². The number of methoxy groups -OCH3 is 2. The van der Waals surface area contributed by atoms with Gasteiger partial charge in [-0.3, -0.25) is 0 Å². The Kier molecular flexibility index (Phi) is 4.38. The third-order valence-electron chi connectivity index (χ3n) is 2.04. The average molecular weight is 260 g/mol. The van der Waals surface area contributed by atoms with E-state index in [0.29, 0.717) is 6.54 Å². The molecular formula is C10H14BrNO2. The number of rotatable bonds is 4. The highest BCUT2D eigenvalue weighted by atomic mass is 79.9. The van der Waals surface area contributed by atoms with Crippen LogP contribution in [0.1, 0.15) is 11.7 Å². The number of hydrogen-bond acceptors (Lipinski definition) is 3. The summed E-state index contributed by atoms with van der Waals surface area (Å²) in [5.41, 5.74) is 6.56. The van der Waals surface area contributed by atoms with Crippen LogP contribution in [0.15, 0.2) is 22.7 Å². The van der Waals surface area contributed by atoms with E-state index in [1.165, 1.54) is 0 Å². The molecule has 0 fully saturated rings. The molecule has 1 aromatic rings. The molecule has 3 nitrogen and oxygen atoms in total. The molecule has 1 atom stereocenters. The third-order valence-corrected chi connectivity index (χ3v) is 2.53. The molecule has 0 saturated carbocycles. The Bertz CT molecular complexity index is 300. The van der Waals surface area contributed by atoms with Crippen LogP contribution < -0.4 is 10.5 Å². The van der Waals surface area contributed by atoms with Crippen molar-refractivity contribution in [3.63, 3.8) is 0 Å². The summed E-state index contributed by atoms with van der Waals surface area (Å²) >= 11 is 3.40. The van der Waals surface area contributed by atoms with E-state index in [1.807, 2.05) is 18.2 Å². The molecule has 1 rings (SSSR count). The zero-order chi connectivity index (χ0) is 10.6. The molecule has 0 aromatic heterocycles. The van der Waals surface area contributed by atoms with Gasteiger partial charge in [-0.05, 0) is 18.2 Å². The van der Waals surface area contributed by atoms with Gasteiger partial charge in [-0.15, -0.1) is 0 Å². The summed E-state index contributed by atoms with van der Waals surface area (Å²) in [6.45, 7) is 0.434. The smallest absolute Gasteiger partial charge is 0.124 e. The predicted octanol–water partition coefficient (Wildman–Crippen LogP) is 2.10. The van der Waals surface area contributed by atoms with E-state index < -0.39 is 0 Å². The van der Waals surface area contributed by atoms with Gasteiger partial charge < -0.3 is 15.2 Å². The fourth-order valence-electron chi connectivity index (χ4n) is 1.31. The SMILES string of the molecule is COc1ccc(Br)cc1C(CN)OC. The maximum Gasteiger partial charge on any atom is 0.124 e. The minimum Gasteiger partial charge on any atom is -0.496 e. The summed E-state index contributed by atoms with van der Waals surface area (Å²) in [4.78, 5) is 0. The molecule has 0 aliphatic rings. The first-order valence-electron chi connectivity index (χ1n) is 4.29. The van der Waals surface area contributed by atoms with E-state index in [2.05, 4.69) is 15.9 Å². The summed E-state index contributed by atoms with van der Waals surface area (Å²) in [6.07, 6.45) is -0.123. The van der Waals surface area contributed by atoms with E-state index in [4.69, 9.17) is 15.2 Å². The van der Waals surface area contributed by atoms with Crippen molar-refractivity contribution in [1.82, 2.24) is 0 Å². The molecule has 0 spiro atoms. The van der Waals surface area contributed by atoms with Gasteiger partial charge in [-0.2, -0.15) is 0 Å². The van der Waals surface area contributed by atoms with Crippen LogP contribution in [0.4, 0.5) is 0 Å². The molecule has 0 aliphatic heterocycles. The first-order chi connectivity index (χ1) is 6.72. The Balaban J connectivity index is 3.08. The quantitative estimate of drug-likeness (QED) is 0.901. The Morgan fingerprint density at radius 2 is 2.14 bits per heavy atom. The van der Waals surface area contributed by atoms with Crippen molar-refractivity contribution in [3.05, 3.63) is 28.2 Å². The van der Waals surface area contributed by atoms with Gasteiger partial charge in [0.25, 0.3) is 0 Å². The minimum absolute atomic E-state index is 0.123. The Morgan fingerprint density at radius 1 is 1.43 bits per heavy atom. The van der Waals surface area contributed by atoms with Gasteiger partial charge in [0.1, 0.15) is 5.75 Å². The highest BCUT2D eigenvalue weighted by Gasteiger charge is 2.13. The van der Waals surface area contributed by atoms with Gasteiger partial charge in [0, 0.05) is 23.7 Å². The molecule has 0 saturated heterocycles. The van der Waals surface area contributed by atoms with Gasteiger partial charge in [0.15, 0.2) is 0 Å². The maximum absolute atomic E-state index is 5.59. The first kappa shape index (κ1) is 11.5. The van der Waals surface area contributed by atoms with E-state index >= 15 is 0 Å². The van der Waals surface area contributed by atoms with Crippen molar-refractivity contribution in [1.29, 1.82) is 0 Å². The number of halogens is 1. The van der Waals surface area contributed by atoms with Crippen molar-refractivity contribution >= 4 is 15.9 Å². The number of hydrogen-bond donors (Lipinski definition) is 1. The largest absolute Gasteiger partial charge is 0.496 e. The van der Waals surface area contributed by atoms with Crippen LogP contribution in [-0.4, -0.2) is 20.8 Å². The van der Waals surface area contributed by atoms with Crippen molar-refractivity contribution in [2.24, 2.45) is 5.73 Å².